The summed E-state index contributed by atoms with van der Waals surface area (Å²) in [5.41, 5.74) is 1.39. The molecule has 0 saturated carbocycles. The highest BCUT2D eigenvalue weighted by molar-refractivity contribution is 6.05. The molecule has 1 aliphatic rings. The highest BCUT2D eigenvalue weighted by atomic mass is 16.2. The van der Waals surface area contributed by atoms with Gasteiger partial charge in [0, 0.05) is 24.8 Å². The summed E-state index contributed by atoms with van der Waals surface area (Å²) in [7, 11) is 0. The maximum absolute atomic E-state index is 12.7. The van der Waals surface area contributed by atoms with Crippen molar-refractivity contribution in [3.05, 3.63) is 59.4 Å². The molecule has 0 radical (unpaired) electrons. The van der Waals surface area contributed by atoms with Crippen LogP contribution in [-0.4, -0.2) is 34.8 Å². The van der Waals surface area contributed by atoms with Crippen LogP contribution in [-0.2, 0) is 0 Å². The van der Waals surface area contributed by atoms with Crippen molar-refractivity contribution in [1.29, 1.82) is 5.26 Å². The van der Waals surface area contributed by atoms with Gasteiger partial charge in [0.1, 0.15) is 11.8 Å². The molecule has 1 aromatic carbocycles. The molecule has 1 saturated heterocycles. The molecule has 0 unspecified atom stereocenters. The topological polar surface area (TPSA) is 86.1 Å². The molecule has 6 heteroatoms. The van der Waals surface area contributed by atoms with E-state index in [-0.39, 0.29) is 11.6 Å². The van der Waals surface area contributed by atoms with Crippen LogP contribution in [0.1, 0.15) is 46.2 Å². The second-order valence-corrected chi connectivity index (χ2v) is 6.52. The van der Waals surface area contributed by atoms with Crippen molar-refractivity contribution in [1.82, 2.24) is 9.88 Å². The van der Waals surface area contributed by atoms with E-state index in [0.29, 0.717) is 22.7 Å². The van der Waals surface area contributed by atoms with Gasteiger partial charge in [0.15, 0.2) is 0 Å². The summed E-state index contributed by atoms with van der Waals surface area (Å²) in [5, 5.41) is 11.8. The van der Waals surface area contributed by atoms with Crippen LogP contribution in [0.25, 0.3) is 0 Å². The minimum absolute atomic E-state index is 0.0780. The molecule has 1 N–H and O–H groups in total. The van der Waals surface area contributed by atoms with Gasteiger partial charge in [-0.3, -0.25) is 14.6 Å². The summed E-state index contributed by atoms with van der Waals surface area (Å²) in [5.74, 6) is 0.110. The first-order valence-electron chi connectivity index (χ1n) is 8.64. The second kappa shape index (κ2) is 7.79. The first-order valence-corrected chi connectivity index (χ1v) is 8.64. The number of hydrogen-bond donors (Lipinski definition) is 1. The fraction of sp³-hybridized carbons (Fsp3) is 0.300. The lowest BCUT2D eigenvalue weighted by atomic mass is 9.98. The van der Waals surface area contributed by atoms with Gasteiger partial charge < -0.3 is 10.2 Å². The Hall–Kier alpha value is -3.20. The number of nitrogens with one attached hydrogen (secondary N) is 1. The number of piperidine rings is 1. The van der Waals surface area contributed by atoms with E-state index in [1.807, 2.05) is 11.0 Å². The van der Waals surface area contributed by atoms with Gasteiger partial charge in [-0.05, 0) is 43.0 Å². The quantitative estimate of drug-likeness (QED) is 0.923. The molecule has 0 spiro atoms. The van der Waals surface area contributed by atoms with Crippen LogP contribution in [0, 0.1) is 17.2 Å². The third kappa shape index (κ3) is 3.89. The molecule has 132 valence electrons. The Kier molecular flexibility index (Phi) is 5.28. The second-order valence-electron chi connectivity index (χ2n) is 6.52. The van der Waals surface area contributed by atoms with E-state index >= 15 is 0 Å². The summed E-state index contributed by atoms with van der Waals surface area (Å²) < 4.78 is 0. The Labute approximate surface area is 152 Å². The van der Waals surface area contributed by atoms with E-state index in [1.54, 1.807) is 30.3 Å². The predicted molar refractivity (Wildman–Crippen MR) is 97.6 cm³/mol. The van der Waals surface area contributed by atoms with Crippen LogP contribution >= 0.6 is 0 Å². The lowest BCUT2D eigenvalue weighted by Crippen LogP contribution is -2.38. The Morgan fingerprint density at radius 2 is 1.96 bits per heavy atom. The number of likely N-dealkylation sites (tertiary alicyclic amines) is 1. The molecule has 1 fully saturated rings. The van der Waals surface area contributed by atoms with Gasteiger partial charge in [-0.25, -0.2) is 0 Å². The molecule has 0 atom stereocenters. The third-order valence-corrected chi connectivity index (χ3v) is 4.61. The number of carbonyl (C=O) groups is 2. The summed E-state index contributed by atoms with van der Waals surface area (Å²) in [6.07, 6.45) is 3.45. The number of aromatic nitrogens is 1. The van der Waals surface area contributed by atoms with Crippen molar-refractivity contribution >= 4 is 17.5 Å². The summed E-state index contributed by atoms with van der Waals surface area (Å²) >= 11 is 0. The zero-order valence-corrected chi connectivity index (χ0v) is 14.6. The molecule has 2 amide bonds. The molecular formula is C20H20N4O2. The van der Waals surface area contributed by atoms with E-state index in [9.17, 15) is 9.59 Å². The number of nitriles is 1. The van der Waals surface area contributed by atoms with Crippen molar-refractivity contribution in [3.8, 4) is 6.07 Å². The van der Waals surface area contributed by atoms with Gasteiger partial charge in [0.2, 0.25) is 0 Å². The number of carbonyl (C=O) groups excluding carboxylic acids is 2. The van der Waals surface area contributed by atoms with Gasteiger partial charge in [0.05, 0.1) is 11.3 Å². The van der Waals surface area contributed by atoms with Crippen LogP contribution in [0.5, 0.6) is 0 Å². The average molecular weight is 348 g/mol. The zero-order valence-electron chi connectivity index (χ0n) is 14.6. The fourth-order valence-corrected chi connectivity index (χ4v) is 2.96. The molecule has 0 aliphatic carbocycles. The van der Waals surface area contributed by atoms with Crippen LogP contribution in [0.4, 0.5) is 5.69 Å². The number of nitrogens with zero attached hydrogens (tertiary/aromatic N) is 3. The van der Waals surface area contributed by atoms with E-state index in [0.717, 1.165) is 25.9 Å². The normalized spacial score (nSPS) is 14.5. The van der Waals surface area contributed by atoms with E-state index in [1.165, 1.54) is 12.3 Å². The number of pyridine rings is 1. The Morgan fingerprint density at radius 3 is 2.69 bits per heavy atom. The number of benzene rings is 1. The number of para-hydroxylation sites is 1. The number of anilines is 1. The maximum atomic E-state index is 12.7. The van der Waals surface area contributed by atoms with Gasteiger partial charge in [-0.1, -0.05) is 19.1 Å². The number of rotatable bonds is 3. The highest BCUT2D eigenvalue weighted by Gasteiger charge is 2.22. The number of hydrogen-bond acceptors (Lipinski definition) is 4. The molecule has 3 rings (SSSR count). The van der Waals surface area contributed by atoms with Crippen LogP contribution in [0.3, 0.4) is 0 Å². The molecule has 2 heterocycles. The SMILES string of the molecule is CC1CCN(C(=O)c2ccnc(C(=O)Nc3ccccc3C#N)c2)CC1. The molecule has 6 nitrogen and oxygen atoms in total. The number of amides is 2. The van der Waals surface area contributed by atoms with E-state index in [2.05, 4.69) is 17.2 Å². The molecule has 2 aromatic rings. The predicted octanol–water partition coefficient (Wildman–Crippen LogP) is 3.08. The minimum atomic E-state index is -0.449. The Balaban J connectivity index is 1.75. The summed E-state index contributed by atoms with van der Waals surface area (Å²) in [4.78, 5) is 31.0. The van der Waals surface area contributed by atoms with E-state index in [4.69, 9.17) is 5.26 Å². The molecule has 0 bridgehead atoms. The standard InChI is InChI=1S/C20H20N4O2/c1-14-7-10-24(11-8-14)20(26)15-6-9-22-18(12-15)19(25)23-17-5-3-2-4-16(17)13-21/h2-6,9,12,14H,7-8,10-11H2,1H3,(H,23,25). The lowest BCUT2D eigenvalue weighted by molar-refractivity contribution is 0.0697. The minimum Gasteiger partial charge on any atom is -0.339 e. The van der Waals surface area contributed by atoms with Crippen LogP contribution in [0.2, 0.25) is 0 Å². The van der Waals surface area contributed by atoms with Crippen LogP contribution < -0.4 is 5.32 Å². The lowest BCUT2D eigenvalue weighted by Gasteiger charge is -2.30. The summed E-state index contributed by atoms with van der Waals surface area (Å²) in [6.45, 7) is 3.66. The third-order valence-electron chi connectivity index (χ3n) is 4.61. The van der Waals surface area contributed by atoms with Gasteiger partial charge in [0.25, 0.3) is 11.8 Å². The maximum Gasteiger partial charge on any atom is 0.274 e. The Bertz CT molecular complexity index is 864. The van der Waals surface area contributed by atoms with E-state index < -0.39 is 5.91 Å². The van der Waals surface area contributed by atoms with Crippen molar-refractivity contribution in [2.75, 3.05) is 18.4 Å². The molecule has 1 aliphatic heterocycles. The highest BCUT2D eigenvalue weighted by Crippen LogP contribution is 2.19. The van der Waals surface area contributed by atoms with Gasteiger partial charge in [-0.2, -0.15) is 5.26 Å². The largest absolute Gasteiger partial charge is 0.339 e. The first kappa shape index (κ1) is 17.6. The van der Waals surface area contributed by atoms with Crippen molar-refractivity contribution < 1.29 is 9.59 Å². The first-order chi connectivity index (χ1) is 12.6. The van der Waals surface area contributed by atoms with Gasteiger partial charge >= 0.3 is 0 Å². The van der Waals surface area contributed by atoms with Crippen LogP contribution in [0.15, 0.2) is 42.6 Å². The van der Waals surface area contributed by atoms with Crippen molar-refractivity contribution in [2.24, 2.45) is 5.92 Å². The molecular weight excluding hydrogens is 328 g/mol. The molecule has 1 aromatic heterocycles. The Morgan fingerprint density at radius 1 is 1.23 bits per heavy atom. The summed E-state index contributed by atoms with van der Waals surface area (Å²) in [6, 6.07) is 11.9. The average Bonchev–Trinajstić information content (AvgIpc) is 2.68. The van der Waals surface area contributed by atoms with Crippen molar-refractivity contribution in [3.63, 3.8) is 0 Å². The van der Waals surface area contributed by atoms with Gasteiger partial charge in [-0.15, -0.1) is 0 Å². The zero-order chi connectivity index (χ0) is 18.5. The monoisotopic (exact) mass is 348 g/mol. The fourth-order valence-electron chi connectivity index (χ4n) is 2.96. The smallest absolute Gasteiger partial charge is 0.274 e. The molecule has 26 heavy (non-hydrogen) atoms. The van der Waals surface area contributed by atoms with Crippen molar-refractivity contribution in [2.45, 2.75) is 19.8 Å².